The maximum absolute atomic E-state index is 2.59. The van der Waals surface area contributed by atoms with Gasteiger partial charge in [0.1, 0.15) is 0 Å². The van der Waals surface area contributed by atoms with Crippen molar-refractivity contribution in [3.05, 3.63) is 6.42 Å². The van der Waals surface area contributed by atoms with E-state index in [9.17, 15) is 0 Å². The monoisotopic (exact) mass is 534 g/mol. The van der Waals surface area contributed by atoms with E-state index in [2.05, 4.69) is 20.3 Å². The third-order valence-corrected chi connectivity index (χ3v) is 8.77. The predicted molar refractivity (Wildman–Crippen MR) is 177 cm³/mol. The lowest BCUT2D eigenvalue weighted by Crippen LogP contribution is -1.85. The fraction of sp³-hybridized carbons (Fsp3) is 0.974. The number of rotatable bonds is 35. The van der Waals surface area contributed by atoms with Crippen LogP contribution in [0.3, 0.4) is 0 Å². The minimum Gasteiger partial charge on any atom is -0.0654 e. The van der Waals surface area contributed by atoms with Crippen LogP contribution in [0.2, 0.25) is 0 Å². The average molecular weight is 534 g/mol. The quantitative estimate of drug-likeness (QED) is 0.0710. The van der Waals surface area contributed by atoms with Crippen LogP contribution in [0.1, 0.15) is 239 Å². The Morgan fingerprint density at radius 2 is 0.368 bits per heavy atom. The van der Waals surface area contributed by atoms with Gasteiger partial charge in [-0.25, -0.2) is 0 Å². The molecule has 0 unspecified atom stereocenters. The van der Waals surface area contributed by atoms with Crippen LogP contribution in [0.25, 0.3) is 0 Å². The first-order chi connectivity index (χ1) is 18.9. The zero-order valence-electron chi connectivity index (χ0n) is 27.3. The summed E-state index contributed by atoms with van der Waals surface area (Å²) in [6, 6.07) is 0. The van der Waals surface area contributed by atoms with Crippen LogP contribution >= 0.6 is 0 Å². The zero-order chi connectivity index (χ0) is 27.5. The lowest BCUT2D eigenvalue weighted by molar-refractivity contribution is 0.522. The molecule has 229 valence electrons. The Balaban J connectivity index is 3.01. The highest BCUT2D eigenvalue weighted by molar-refractivity contribution is 4.65. The summed E-state index contributed by atoms with van der Waals surface area (Å²) < 4.78 is 0. The number of hydrogen-bond acceptors (Lipinski definition) is 0. The van der Waals surface area contributed by atoms with Crippen molar-refractivity contribution in [1.82, 2.24) is 0 Å². The summed E-state index contributed by atoms with van der Waals surface area (Å²) in [6.07, 6.45) is 53.9. The van der Waals surface area contributed by atoms with E-state index in [4.69, 9.17) is 0 Å². The van der Waals surface area contributed by atoms with Crippen molar-refractivity contribution >= 4 is 0 Å². The van der Waals surface area contributed by atoms with Crippen LogP contribution in [-0.4, -0.2) is 0 Å². The van der Waals surface area contributed by atoms with Gasteiger partial charge in [0.05, 0.1) is 0 Å². The summed E-state index contributed by atoms with van der Waals surface area (Å²) in [6.45, 7) is 4.62. The molecule has 0 fully saturated rings. The van der Waals surface area contributed by atoms with E-state index in [1.807, 2.05) is 0 Å². The minimum atomic E-state index is 1.37. The molecule has 0 bridgehead atoms. The summed E-state index contributed by atoms with van der Waals surface area (Å²) in [5, 5.41) is 0. The molecule has 1 radical (unpaired) electrons. The van der Waals surface area contributed by atoms with E-state index in [-0.39, 0.29) is 0 Å². The van der Waals surface area contributed by atoms with Gasteiger partial charge in [-0.1, -0.05) is 239 Å². The molecule has 0 heterocycles. The highest BCUT2D eigenvalue weighted by Gasteiger charge is 1.97. The van der Waals surface area contributed by atoms with Gasteiger partial charge in [0.15, 0.2) is 0 Å². The molecular weight excluding hydrogens is 456 g/mol. The standard InChI is InChI=1S/C38H77/c1-3-5-7-9-11-13-15-17-19-21-23-25-27-29-31-33-35-37-38-36-34-32-30-28-26-24-22-20-18-16-14-12-10-8-6-4-2/h33H,3-32,34-38H2,1-2H3. The molecule has 0 aromatic rings. The second-order valence-corrected chi connectivity index (χ2v) is 12.8. The Morgan fingerprint density at radius 3 is 0.553 bits per heavy atom. The van der Waals surface area contributed by atoms with E-state index in [0.29, 0.717) is 0 Å². The summed E-state index contributed by atoms with van der Waals surface area (Å²) in [5.74, 6) is 0. The lowest BCUT2D eigenvalue weighted by Gasteiger charge is -2.04. The van der Waals surface area contributed by atoms with Crippen LogP contribution < -0.4 is 0 Å². The molecule has 0 saturated heterocycles. The van der Waals surface area contributed by atoms with Crippen LogP contribution in [0.5, 0.6) is 0 Å². The SMILES string of the molecule is CCCCCCCCCCCCCCCC[CH]CCCCCCCCCCCCCCCCCCCCC. The smallest absolute Gasteiger partial charge is 0.0386 e. The Morgan fingerprint density at radius 1 is 0.211 bits per heavy atom. The van der Waals surface area contributed by atoms with E-state index in [1.54, 1.807) is 0 Å². The minimum absolute atomic E-state index is 1.37. The molecule has 38 heavy (non-hydrogen) atoms. The van der Waals surface area contributed by atoms with Crippen molar-refractivity contribution in [2.45, 2.75) is 239 Å². The summed E-state index contributed by atoms with van der Waals surface area (Å²) in [7, 11) is 0. The van der Waals surface area contributed by atoms with Crippen molar-refractivity contribution in [2.75, 3.05) is 0 Å². The van der Waals surface area contributed by atoms with E-state index < -0.39 is 0 Å². The molecular formula is C38H77. The van der Waals surface area contributed by atoms with Crippen LogP contribution in [0.15, 0.2) is 0 Å². The predicted octanol–water partition coefficient (Wildman–Crippen LogP) is 14.9. The van der Waals surface area contributed by atoms with Crippen LogP contribution in [0, 0.1) is 6.42 Å². The second kappa shape index (κ2) is 37.0. The second-order valence-electron chi connectivity index (χ2n) is 12.8. The summed E-state index contributed by atoms with van der Waals surface area (Å²) in [4.78, 5) is 0. The molecule has 0 aliphatic heterocycles. The van der Waals surface area contributed by atoms with Gasteiger partial charge in [0.2, 0.25) is 0 Å². The van der Waals surface area contributed by atoms with Crippen molar-refractivity contribution in [1.29, 1.82) is 0 Å². The fourth-order valence-electron chi connectivity index (χ4n) is 5.99. The zero-order valence-corrected chi connectivity index (χ0v) is 27.3. The maximum atomic E-state index is 2.59. The van der Waals surface area contributed by atoms with Gasteiger partial charge in [0, 0.05) is 0 Å². The van der Waals surface area contributed by atoms with Crippen LogP contribution in [0.4, 0.5) is 0 Å². The van der Waals surface area contributed by atoms with Gasteiger partial charge in [-0.15, -0.1) is 0 Å². The molecule has 0 atom stereocenters. The molecule has 0 saturated carbocycles. The normalized spacial score (nSPS) is 11.5. The molecule has 0 aliphatic rings. The molecule has 0 aliphatic carbocycles. The largest absolute Gasteiger partial charge is 0.0654 e. The van der Waals surface area contributed by atoms with Gasteiger partial charge in [0.25, 0.3) is 0 Å². The van der Waals surface area contributed by atoms with Gasteiger partial charge >= 0.3 is 0 Å². The van der Waals surface area contributed by atoms with Crippen molar-refractivity contribution in [3.63, 3.8) is 0 Å². The first-order valence-corrected chi connectivity index (χ1v) is 18.7. The highest BCUT2D eigenvalue weighted by atomic mass is 14.0. The fourth-order valence-corrected chi connectivity index (χ4v) is 5.99. The summed E-state index contributed by atoms with van der Waals surface area (Å²) in [5.41, 5.74) is 0. The first kappa shape index (κ1) is 38.0. The van der Waals surface area contributed by atoms with E-state index in [1.165, 1.54) is 225 Å². The Bertz CT molecular complexity index is 336. The topological polar surface area (TPSA) is 0 Å². The number of hydrogen-bond donors (Lipinski definition) is 0. The Labute approximate surface area is 244 Å². The third-order valence-electron chi connectivity index (χ3n) is 8.77. The molecule has 0 amide bonds. The van der Waals surface area contributed by atoms with Crippen molar-refractivity contribution in [3.8, 4) is 0 Å². The van der Waals surface area contributed by atoms with Gasteiger partial charge in [-0.3, -0.25) is 0 Å². The van der Waals surface area contributed by atoms with E-state index in [0.717, 1.165) is 0 Å². The molecule has 0 N–H and O–H groups in total. The first-order valence-electron chi connectivity index (χ1n) is 18.7. The van der Waals surface area contributed by atoms with E-state index >= 15 is 0 Å². The Hall–Kier alpha value is 0. The summed E-state index contributed by atoms with van der Waals surface area (Å²) >= 11 is 0. The molecule has 0 rings (SSSR count). The Kier molecular flexibility index (Phi) is 37.0. The molecule has 0 aromatic carbocycles. The van der Waals surface area contributed by atoms with Gasteiger partial charge in [-0.05, 0) is 6.42 Å². The molecule has 0 heteroatoms. The van der Waals surface area contributed by atoms with Crippen molar-refractivity contribution < 1.29 is 0 Å². The van der Waals surface area contributed by atoms with Crippen molar-refractivity contribution in [2.24, 2.45) is 0 Å². The number of unbranched alkanes of at least 4 members (excludes halogenated alkanes) is 35. The van der Waals surface area contributed by atoms with Crippen LogP contribution in [-0.2, 0) is 0 Å². The highest BCUT2D eigenvalue weighted by Crippen LogP contribution is 2.17. The maximum Gasteiger partial charge on any atom is -0.0386 e. The third kappa shape index (κ3) is 36.0. The van der Waals surface area contributed by atoms with Gasteiger partial charge < -0.3 is 0 Å². The lowest BCUT2D eigenvalue weighted by atomic mass is 10.0. The molecule has 0 aromatic heterocycles. The average Bonchev–Trinajstić information content (AvgIpc) is 2.93. The van der Waals surface area contributed by atoms with Gasteiger partial charge in [-0.2, -0.15) is 0 Å². The molecule has 0 nitrogen and oxygen atoms in total. The molecule has 0 spiro atoms.